The minimum atomic E-state index is 0.734. The average Bonchev–Trinajstić information content (AvgIpc) is 3.09. The molecular weight excluding hydrogens is 316 g/mol. The van der Waals surface area contributed by atoms with E-state index in [-0.39, 0.29) is 0 Å². The fraction of sp³-hybridized carbons (Fsp3) is 0.737. The standard InChI is InChI=1S/C19H32N4S/c1-16-6-3-10-23(13-16)19(20-2)21-12-17-7-4-9-22(14-17)15-18-8-5-11-24-18/h5,8,11,16-17H,3-4,6-7,9-10,12-15H2,1-2H3,(H,20,21). The van der Waals surface area contributed by atoms with Crippen molar-refractivity contribution in [3.63, 3.8) is 0 Å². The van der Waals surface area contributed by atoms with Gasteiger partial charge in [0.2, 0.25) is 0 Å². The number of guanidine groups is 1. The fourth-order valence-electron chi connectivity index (χ4n) is 4.03. The zero-order valence-electron chi connectivity index (χ0n) is 15.2. The molecule has 1 aromatic heterocycles. The van der Waals surface area contributed by atoms with Crippen molar-refractivity contribution >= 4 is 17.3 Å². The van der Waals surface area contributed by atoms with Crippen molar-refractivity contribution in [2.75, 3.05) is 39.8 Å². The molecule has 0 spiro atoms. The third-order valence-electron chi connectivity index (χ3n) is 5.28. The molecule has 134 valence electrons. The predicted molar refractivity (Wildman–Crippen MR) is 104 cm³/mol. The Labute approximate surface area is 150 Å². The lowest BCUT2D eigenvalue weighted by atomic mass is 9.98. The highest BCUT2D eigenvalue weighted by atomic mass is 32.1. The van der Waals surface area contributed by atoms with Crippen molar-refractivity contribution < 1.29 is 0 Å². The first-order valence-electron chi connectivity index (χ1n) is 9.45. The van der Waals surface area contributed by atoms with Crippen LogP contribution in [0.3, 0.4) is 0 Å². The van der Waals surface area contributed by atoms with Crippen molar-refractivity contribution in [3.05, 3.63) is 22.4 Å². The van der Waals surface area contributed by atoms with Crippen LogP contribution in [0.4, 0.5) is 0 Å². The van der Waals surface area contributed by atoms with Crippen molar-refractivity contribution in [1.82, 2.24) is 15.1 Å². The Morgan fingerprint density at radius 3 is 2.92 bits per heavy atom. The van der Waals surface area contributed by atoms with Crippen LogP contribution in [0.25, 0.3) is 0 Å². The van der Waals surface area contributed by atoms with Gasteiger partial charge in [-0.25, -0.2) is 0 Å². The molecule has 1 aromatic rings. The molecule has 1 N–H and O–H groups in total. The summed E-state index contributed by atoms with van der Waals surface area (Å²) in [5, 5.41) is 5.84. The fourth-order valence-corrected chi connectivity index (χ4v) is 4.78. The minimum absolute atomic E-state index is 0.734. The Balaban J connectivity index is 1.46. The molecule has 5 heteroatoms. The molecule has 2 fully saturated rings. The van der Waals surface area contributed by atoms with Crippen LogP contribution in [0, 0.1) is 11.8 Å². The Morgan fingerprint density at radius 1 is 1.29 bits per heavy atom. The molecule has 0 aromatic carbocycles. The number of aliphatic imine (C=N–C) groups is 1. The van der Waals surface area contributed by atoms with Gasteiger partial charge < -0.3 is 10.2 Å². The SMILES string of the molecule is CN=C(NCC1CCCN(Cc2cccs2)C1)N1CCCC(C)C1. The second-order valence-corrected chi connectivity index (χ2v) is 8.48. The predicted octanol–water partition coefficient (Wildman–Crippen LogP) is 3.27. The summed E-state index contributed by atoms with van der Waals surface area (Å²) in [4.78, 5) is 11.1. The van der Waals surface area contributed by atoms with E-state index in [9.17, 15) is 0 Å². The summed E-state index contributed by atoms with van der Waals surface area (Å²) in [6, 6.07) is 4.42. The van der Waals surface area contributed by atoms with Crippen LogP contribution >= 0.6 is 11.3 Å². The van der Waals surface area contributed by atoms with Crippen molar-refractivity contribution in [3.8, 4) is 0 Å². The van der Waals surface area contributed by atoms with Gasteiger partial charge in [-0.05, 0) is 55.5 Å². The second-order valence-electron chi connectivity index (χ2n) is 7.44. The summed E-state index contributed by atoms with van der Waals surface area (Å²) in [6.07, 6.45) is 5.30. The molecule has 3 heterocycles. The van der Waals surface area contributed by atoms with Gasteiger partial charge in [-0.2, -0.15) is 0 Å². The molecule has 2 saturated heterocycles. The van der Waals surface area contributed by atoms with Gasteiger partial charge in [0.25, 0.3) is 0 Å². The zero-order valence-corrected chi connectivity index (χ0v) is 16.0. The Bertz CT molecular complexity index is 513. The highest BCUT2D eigenvalue weighted by Gasteiger charge is 2.23. The van der Waals surface area contributed by atoms with Crippen molar-refractivity contribution in [2.24, 2.45) is 16.8 Å². The van der Waals surface area contributed by atoms with E-state index >= 15 is 0 Å². The van der Waals surface area contributed by atoms with Crippen LogP contribution in [-0.4, -0.2) is 55.5 Å². The molecule has 0 radical (unpaired) electrons. The average molecular weight is 349 g/mol. The van der Waals surface area contributed by atoms with Crippen LogP contribution in [-0.2, 0) is 6.54 Å². The Kier molecular flexibility index (Phi) is 6.55. The maximum Gasteiger partial charge on any atom is 0.193 e. The lowest BCUT2D eigenvalue weighted by molar-refractivity contribution is 0.168. The lowest BCUT2D eigenvalue weighted by Gasteiger charge is -2.36. The second kappa shape index (κ2) is 8.86. The van der Waals surface area contributed by atoms with E-state index in [0.717, 1.165) is 44.0 Å². The lowest BCUT2D eigenvalue weighted by Crippen LogP contribution is -2.48. The first-order valence-corrected chi connectivity index (χ1v) is 10.3. The third-order valence-corrected chi connectivity index (χ3v) is 6.14. The van der Waals surface area contributed by atoms with Crippen LogP contribution < -0.4 is 5.32 Å². The summed E-state index contributed by atoms with van der Waals surface area (Å²) in [5.41, 5.74) is 0. The molecular formula is C19H32N4S. The van der Waals surface area contributed by atoms with Crippen LogP contribution in [0.5, 0.6) is 0 Å². The molecule has 0 bridgehead atoms. The smallest absolute Gasteiger partial charge is 0.193 e. The number of piperidine rings is 2. The zero-order chi connectivity index (χ0) is 16.8. The molecule has 4 nitrogen and oxygen atoms in total. The molecule has 3 rings (SSSR count). The number of rotatable bonds is 4. The normalized spacial score (nSPS) is 26.6. The molecule has 0 aliphatic carbocycles. The van der Waals surface area contributed by atoms with Gasteiger partial charge in [-0.3, -0.25) is 9.89 Å². The van der Waals surface area contributed by atoms with E-state index in [4.69, 9.17) is 0 Å². The molecule has 0 amide bonds. The van der Waals surface area contributed by atoms with Gasteiger partial charge in [0.15, 0.2) is 5.96 Å². The van der Waals surface area contributed by atoms with Gasteiger partial charge in [0.05, 0.1) is 0 Å². The summed E-state index contributed by atoms with van der Waals surface area (Å²) in [7, 11) is 1.92. The number of hydrogen-bond donors (Lipinski definition) is 1. The quantitative estimate of drug-likeness (QED) is 0.669. The molecule has 2 unspecified atom stereocenters. The highest BCUT2D eigenvalue weighted by Crippen LogP contribution is 2.20. The number of hydrogen-bond acceptors (Lipinski definition) is 3. The Hall–Kier alpha value is -1.07. The monoisotopic (exact) mass is 348 g/mol. The first kappa shape index (κ1) is 17.7. The summed E-state index contributed by atoms with van der Waals surface area (Å²) < 4.78 is 0. The van der Waals surface area contributed by atoms with Crippen LogP contribution in [0.15, 0.2) is 22.5 Å². The Morgan fingerprint density at radius 2 is 2.17 bits per heavy atom. The topological polar surface area (TPSA) is 30.9 Å². The summed E-state index contributed by atoms with van der Waals surface area (Å²) >= 11 is 1.88. The minimum Gasteiger partial charge on any atom is -0.356 e. The highest BCUT2D eigenvalue weighted by molar-refractivity contribution is 7.09. The van der Waals surface area contributed by atoms with Gasteiger partial charge in [-0.15, -0.1) is 11.3 Å². The molecule has 24 heavy (non-hydrogen) atoms. The van der Waals surface area contributed by atoms with Crippen molar-refractivity contribution in [2.45, 2.75) is 39.2 Å². The van der Waals surface area contributed by atoms with Crippen LogP contribution in [0.1, 0.15) is 37.5 Å². The maximum atomic E-state index is 4.53. The molecule has 2 aliphatic rings. The van der Waals surface area contributed by atoms with E-state index in [2.05, 4.69) is 44.5 Å². The molecule has 2 atom stereocenters. The van der Waals surface area contributed by atoms with E-state index in [0.29, 0.717) is 0 Å². The van der Waals surface area contributed by atoms with Crippen molar-refractivity contribution in [1.29, 1.82) is 0 Å². The van der Waals surface area contributed by atoms with E-state index in [1.54, 1.807) is 0 Å². The maximum absolute atomic E-state index is 4.53. The van der Waals surface area contributed by atoms with Gasteiger partial charge in [-0.1, -0.05) is 13.0 Å². The van der Waals surface area contributed by atoms with Gasteiger partial charge >= 0.3 is 0 Å². The summed E-state index contributed by atoms with van der Waals surface area (Å²) in [6.45, 7) is 9.27. The van der Waals surface area contributed by atoms with Crippen LogP contribution in [0.2, 0.25) is 0 Å². The number of nitrogens with one attached hydrogen (secondary N) is 1. The van der Waals surface area contributed by atoms with E-state index in [1.807, 2.05) is 18.4 Å². The van der Waals surface area contributed by atoms with Gasteiger partial charge in [0, 0.05) is 44.6 Å². The molecule has 0 saturated carbocycles. The third kappa shape index (κ3) is 4.96. The van der Waals surface area contributed by atoms with E-state index < -0.39 is 0 Å². The number of likely N-dealkylation sites (tertiary alicyclic amines) is 2. The summed E-state index contributed by atoms with van der Waals surface area (Å²) in [5.74, 6) is 2.63. The first-order chi connectivity index (χ1) is 11.7. The molecule has 2 aliphatic heterocycles. The number of thiophene rings is 1. The number of nitrogens with zero attached hydrogens (tertiary/aromatic N) is 3. The van der Waals surface area contributed by atoms with Gasteiger partial charge in [0.1, 0.15) is 0 Å². The van der Waals surface area contributed by atoms with E-state index in [1.165, 1.54) is 43.6 Å². The largest absolute Gasteiger partial charge is 0.356 e.